The maximum absolute atomic E-state index is 6.01. The molecule has 0 spiro atoms. The van der Waals surface area contributed by atoms with Gasteiger partial charge >= 0.3 is 0 Å². The molecule has 0 saturated carbocycles. The molecule has 0 amide bonds. The van der Waals surface area contributed by atoms with Gasteiger partial charge in [0, 0.05) is 0 Å². The highest BCUT2D eigenvalue weighted by Gasteiger charge is 2.54. The van der Waals surface area contributed by atoms with Crippen LogP contribution in [0.4, 0.5) is 0 Å². The Labute approximate surface area is 125 Å². The van der Waals surface area contributed by atoms with E-state index in [2.05, 4.69) is 0 Å². The minimum atomic E-state index is -0.614. The van der Waals surface area contributed by atoms with Gasteiger partial charge in [-0.2, -0.15) is 0 Å². The molecule has 2 fully saturated rings. The summed E-state index contributed by atoms with van der Waals surface area (Å²) in [7, 11) is 1.66. The summed E-state index contributed by atoms with van der Waals surface area (Å²) in [5, 5.41) is 0. The average Bonchev–Trinajstić information content (AvgIpc) is 2.88. The van der Waals surface area contributed by atoms with Crippen molar-refractivity contribution in [3.63, 3.8) is 0 Å². The van der Waals surface area contributed by atoms with Gasteiger partial charge in [-0.05, 0) is 38.5 Å². The van der Waals surface area contributed by atoms with Gasteiger partial charge in [0.25, 0.3) is 0 Å². The molecule has 0 aromatic heterocycles. The Hall–Kier alpha value is -1.14. The van der Waals surface area contributed by atoms with Crippen LogP contribution in [0, 0.1) is 0 Å². The van der Waals surface area contributed by atoms with Crippen LogP contribution in [-0.2, 0) is 25.6 Å². The normalized spacial score (nSPS) is 33.9. The Kier molecular flexibility index (Phi) is 3.92. The van der Waals surface area contributed by atoms with Crippen LogP contribution in [0.5, 0.6) is 5.75 Å². The second-order valence-electron chi connectivity index (χ2n) is 5.93. The highest BCUT2D eigenvalue weighted by atomic mass is 16.8. The number of benzene rings is 1. The maximum Gasteiger partial charge on any atom is 0.190 e. The molecule has 2 saturated heterocycles. The predicted molar refractivity (Wildman–Crippen MR) is 75.9 cm³/mol. The molecule has 1 aromatic rings. The summed E-state index contributed by atoms with van der Waals surface area (Å²) in [5.74, 6) is 0.225. The molecule has 2 heterocycles. The van der Waals surface area contributed by atoms with Crippen molar-refractivity contribution in [2.45, 2.75) is 57.8 Å². The molecule has 1 aromatic carbocycles. The van der Waals surface area contributed by atoms with Gasteiger partial charge in [-0.1, -0.05) is 12.1 Å². The molecule has 0 unspecified atom stereocenters. The van der Waals surface area contributed by atoms with Gasteiger partial charge in [-0.3, -0.25) is 0 Å². The smallest absolute Gasteiger partial charge is 0.190 e. The predicted octanol–water partition coefficient (Wildman–Crippen LogP) is 2.48. The molecule has 0 radical (unpaired) electrons. The zero-order valence-electron chi connectivity index (χ0n) is 12.9. The topological polar surface area (TPSA) is 46.2 Å². The summed E-state index contributed by atoms with van der Waals surface area (Å²) in [6, 6.07) is 7.84. The third-order valence-electron chi connectivity index (χ3n) is 3.82. The molecule has 0 aliphatic carbocycles. The van der Waals surface area contributed by atoms with Gasteiger partial charge in [0.15, 0.2) is 12.1 Å². The van der Waals surface area contributed by atoms with Crippen LogP contribution in [0.25, 0.3) is 0 Å². The highest BCUT2D eigenvalue weighted by molar-refractivity contribution is 5.26. The first kappa shape index (κ1) is 14.8. The Morgan fingerprint density at radius 3 is 2.52 bits per heavy atom. The lowest BCUT2D eigenvalue weighted by Gasteiger charge is -2.24. The lowest BCUT2D eigenvalue weighted by atomic mass is 10.1. The van der Waals surface area contributed by atoms with E-state index >= 15 is 0 Å². The van der Waals surface area contributed by atoms with Crippen LogP contribution in [-0.4, -0.2) is 37.5 Å². The molecule has 2 aliphatic rings. The van der Waals surface area contributed by atoms with E-state index in [0.717, 1.165) is 11.3 Å². The number of hydrogen-bond donors (Lipinski definition) is 0. The molecule has 116 valence electrons. The van der Waals surface area contributed by atoms with Crippen LogP contribution in [0.15, 0.2) is 24.3 Å². The third kappa shape index (κ3) is 3.06. The molecular formula is C16H22O5. The van der Waals surface area contributed by atoms with E-state index in [9.17, 15) is 0 Å². The van der Waals surface area contributed by atoms with E-state index in [-0.39, 0.29) is 24.6 Å². The molecular weight excluding hydrogens is 272 g/mol. The molecule has 0 bridgehead atoms. The highest BCUT2D eigenvalue weighted by Crippen LogP contribution is 2.38. The number of fused-ring (bicyclic) bond motifs is 1. The Balaban J connectivity index is 1.61. The van der Waals surface area contributed by atoms with Crippen LogP contribution in [0.2, 0.25) is 0 Å². The summed E-state index contributed by atoms with van der Waals surface area (Å²) in [6.07, 6.45) is -0.683. The van der Waals surface area contributed by atoms with E-state index in [1.165, 1.54) is 0 Å². The second kappa shape index (κ2) is 5.57. The summed E-state index contributed by atoms with van der Waals surface area (Å²) in [4.78, 5) is 0. The van der Waals surface area contributed by atoms with Gasteiger partial charge in [0.05, 0.1) is 19.8 Å². The van der Waals surface area contributed by atoms with E-state index < -0.39 is 5.79 Å². The molecule has 21 heavy (non-hydrogen) atoms. The SMILES string of the molecule is COc1ccc(CO[C@H]2[C@H]3OC(C)(C)O[C@H]3O[C@@H]2C)cc1. The number of ether oxygens (including phenoxy) is 5. The first-order valence-electron chi connectivity index (χ1n) is 7.24. The Morgan fingerprint density at radius 1 is 1.14 bits per heavy atom. The van der Waals surface area contributed by atoms with Crippen LogP contribution in [0.3, 0.4) is 0 Å². The van der Waals surface area contributed by atoms with Gasteiger partial charge in [-0.15, -0.1) is 0 Å². The minimum Gasteiger partial charge on any atom is -0.497 e. The summed E-state index contributed by atoms with van der Waals surface area (Å²) in [6.45, 7) is 6.27. The Bertz CT molecular complexity index is 484. The van der Waals surface area contributed by atoms with Gasteiger partial charge in [-0.25, -0.2) is 0 Å². The fourth-order valence-corrected chi connectivity index (χ4v) is 2.79. The quantitative estimate of drug-likeness (QED) is 0.853. The van der Waals surface area contributed by atoms with Crippen molar-refractivity contribution >= 4 is 0 Å². The lowest BCUT2D eigenvalue weighted by Crippen LogP contribution is -2.35. The van der Waals surface area contributed by atoms with Gasteiger partial charge in [0.1, 0.15) is 18.0 Å². The number of rotatable bonds is 4. The van der Waals surface area contributed by atoms with Crippen LogP contribution in [0.1, 0.15) is 26.3 Å². The van der Waals surface area contributed by atoms with Gasteiger partial charge in [0.2, 0.25) is 0 Å². The monoisotopic (exact) mass is 294 g/mol. The second-order valence-corrected chi connectivity index (χ2v) is 5.93. The summed E-state index contributed by atoms with van der Waals surface area (Å²) >= 11 is 0. The zero-order valence-corrected chi connectivity index (χ0v) is 12.9. The summed E-state index contributed by atoms with van der Waals surface area (Å²) < 4.78 is 28.5. The first-order valence-corrected chi connectivity index (χ1v) is 7.24. The van der Waals surface area contributed by atoms with Crippen LogP contribution >= 0.6 is 0 Å². The average molecular weight is 294 g/mol. The lowest BCUT2D eigenvalue weighted by molar-refractivity contribution is -0.216. The van der Waals surface area contributed by atoms with Crippen molar-refractivity contribution in [1.82, 2.24) is 0 Å². The summed E-state index contributed by atoms with van der Waals surface area (Å²) in [5.41, 5.74) is 1.09. The molecule has 0 N–H and O–H groups in total. The van der Waals surface area contributed by atoms with Crippen molar-refractivity contribution in [1.29, 1.82) is 0 Å². The molecule has 5 heteroatoms. The standard InChI is InChI=1S/C16H22O5/c1-10-13(14-15(19-10)21-16(2,3)20-14)18-9-11-5-7-12(17-4)8-6-11/h5-8,10,13-15H,9H2,1-4H3/t10-,13-,14-,15-/m1/s1. The Morgan fingerprint density at radius 2 is 1.86 bits per heavy atom. The van der Waals surface area contributed by atoms with E-state index in [4.69, 9.17) is 23.7 Å². The van der Waals surface area contributed by atoms with E-state index in [1.807, 2.05) is 45.0 Å². The van der Waals surface area contributed by atoms with E-state index in [1.54, 1.807) is 7.11 Å². The minimum absolute atomic E-state index is 0.0469. The van der Waals surface area contributed by atoms with Crippen molar-refractivity contribution in [3.05, 3.63) is 29.8 Å². The van der Waals surface area contributed by atoms with Gasteiger partial charge < -0.3 is 23.7 Å². The molecule has 4 atom stereocenters. The van der Waals surface area contributed by atoms with Crippen LogP contribution < -0.4 is 4.74 Å². The fourth-order valence-electron chi connectivity index (χ4n) is 2.79. The number of hydrogen-bond acceptors (Lipinski definition) is 5. The fraction of sp³-hybridized carbons (Fsp3) is 0.625. The van der Waals surface area contributed by atoms with Crippen molar-refractivity contribution in [2.75, 3.05) is 7.11 Å². The molecule has 2 aliphatic heterocycles. The first-order chi connectivity index (χ1) is 9.98. The van der Waals surface area contributed by atoms with Crippen molar-refractivity contribution < 1.29 is 23.7 Å². The third-order valence-corrected chi connectivity index (χ3v) is 3.82. The molecule has 3 rings (SSSR count). The largest absolute Gasteiger partial charge is 0.497 e. The molecule has 5 nitrogen and oxygen atoms in total. The zero-order chi connectivity index (χ0) is 15.0. The maximum atomic E-state index is 6.01. The van der Waals surface area contributed by atoms with Crippen molar-refractivity contribution in [3.8, 4) is 5.75 Å². The van der Waals surface area contributed by atoms with E-state index in [0.29, 0.717) is 6.61 Å². The van der Waals surface area contributed by atoms with Crippen molar-refractivity contribution in [2.24, 2.45) is 0 Å². The number of methoxy groups -OCH3 is 1.